The first-order chi connectivity index (χ1) is 19.2. The van der Waals surface area contributed by atoms with E-state index in [1.807, 2.05) is 54.6 Å². The number of amides is 2. The largest absolute Gasteiger partial charge is 0.495 e. The van der Waals surface area contributed by atoms with Crippen molar-refractivity contribution in [1.82, 2.24) is 5.32 Å². The molecule has 4 rings (SSSR count). The third-order valence-corrected chi connectivity index (χ3v) is 7.15. The van der Waals surface area contributed by atoms with Crippen LogP contribution in [-0.2, 0) is 10.2 Å². The molecule has 1 aliphatic rings. The molecule has 40 heavy (non-hydrogen) atoms. The summed E-state index contributed by atoms with van der Waals surface area (Å²) in [7, 11) is 3.29. The standard InChI is InChI=1S/C32H40N4O4/c1-32(2,3)24-12-10-23(11-13-24)30(37)34-25-14-15-27(26(22-25)31(38)33-16-21-39-4)35-17-19-36(20-18-35)28-8-6-7-9-29(28)40-5/h6-15,22H,16-21H2,1-5H3,(H,33,38)(H,34,37). The highest BCUT2D eigenvalue weighted by Crippen LogP contribution is 2.31. The lowest BCUT2D eigenvalue weighted by atomic mass is 9.87. The second-order valence-electron chi connectivity index (χ2n) is 10.9. The van der Waals surface area contributed by atoms with Crippen molar-refractivity contribution >= 4 is 28.9 Å². The molecule has 1 saturated heterocycles. The number of nitrogens with one attached hydrogen (secondary N) is 2. The van der Waals surface area contributed by atoms with Crippen molar-refractivity contribution in [3.63, 3.8) is 0 Å². The molecule has 0 bridgehead atoms. The molecule has 8 heteroatoms. The van der Waals surface area contributed by atoms with Crippen molar-refractivity contribution in [2.24, 2.45) is 0 Å². The normalized spacial score (nSPS) is 13.6. The van der Waals surface area contributed by atoms with Gasteiger partial charge in [0, 0.05) is 56.8 Å². The van der Waals surface area contributed by atoms with E-state index < -0.39 is 0 Å². The van der Waals surface area contributed by atoms with Gasteiger partial charge < -0.3 is 29.9 Å². The van der Waals surface area contributed by atoms with Crippen LogP contribution in [0.15, 0.2) is 66.7 Å². The number of ether oxygens (including phenoxy) is 2. The zero-order chi connectivity index (χ0) is 28.7. The van der Waals surface area contributed by atoms with Crippen molar-refractivity contribution in [2.75, 3.05) is 68.7 Å². The highest BCUT2D eigenvalue weighted by atomic mass is 16.5. The van der Waals surface area contributed by atoms with E-state index in [0.29, 0.717) is 30.0 Å². The van der Waals surface area contributed by atoms with Crippen LogP contribution in [0, 0.1) is 0 Å². The maximum absolute atomic E-state index is 13.3. The minimum atomic E-state index is -0.218. The van der Waals surface area contributed by atoms with E-state index in [1.165, 1.54) is 0 Å². The molecule has 3 aromatic rings. The Morgan fingerprint density at radius 2 is 1.48 bits per heavy atom. The average molecular weight is 545 g/mol. The molecule has 2 N–H and O–H groups in total. The highest BCUT2D eigenvalue weighted by molar-refractivity contribution is 6.06. The van der Waals surface area contributed by atoms with Crippen LogP contribution in [0.3, 0.4) is 0 Å². The Kier molecular flexibility index (Phi) is 9.32. The summed E-state index contributed by atoms with van der Waals surface area (Å²) in [5, 5.41) is 5.90. The average Bonchev–Trinajstić information content (AvgIpc) is 2.97. The van der Waals surface area contributed by atoms with Gasteiger partial charge in [0.2, 0.25) is 0 Å². The number of rotatable bonds is 9. The van der Waals surface area contributed by atoms with E-state index in [2.05, 4.69) is 47.3 Å². The van der Waals surface area contributed by atoms with Crippen molar-refractivity contribution in [1.29, 1.82) is 0 Å². The topological polar surface area (TPSA) is 83.1 Å². The van der Waals surface area contributed by atoms with Crippen molar-refractivity contribution in [2.45, 2.75) is 26.2 Å². The van der Waals surface area contributed by atoms with Crippen LogP contribution in [0.4, 0.5) is 17.1 Å². The van der Waals surface area contributed by atoms with Gasteiger partial charge in [0.15, 0.2) is 0 Å². The van der Waals surface area contributed by atoms with Crippen LogP contribution in [0.1, 0.15) is 47.1 Å². The molecule has 3 aromatic carbocycles. The fourth-order valence-corrected chi connectivity index (χ4v) is 4.84. The van der Waals surface area contributed by atoms with E-state index in [0.717, 1.165) is 48.9 Å². The van der Waals surface area contributed by atoms with Gasteiger partial charge in [0.05, 0.1) is 25.0 Å². The van der Waals surface area contributed by atoms with Gasteiger partial charge in [0.25, 0.3) is 11.8 Å². The summed E-state index contributed by atoms with van der Waals surface area (Å²) >= 11 is 0. The van der Waals surface area contributed by atoms with Crippen molar-refractivity contribution < 1.29 is 19.1 Å². The Balaban J connectivity index is 1.52. The van der Waals surface area contributed by atoms with Crippen LogP contribution in [0.25, 0.3) is 0 Å². The van der Waals surface area contributed by atoms with Gasteiger partial charge in [-0.15, -0.1) is 0 Å². The lowest BCUT2D eigenvalue weighted by Crippen LogP contribution is -2.47. The molecule has 0 atom stereocenters. The van der Waals surface area contributed by atoms with Crippen LogP contribution in [-0.4, -0.2) is 65.4 Å². The third kappa shape index (κ3) is 6.93. The lowest BCUT2D eigenvalue weighted by molar-refractivity contribution is 0.0936. The fourth-order valence-electron chi connectivity index (χ4n) is 4.84. The number of nitrogens with zero attached hydrogens (tertiary/aromatic N) is 2. The van der Waals surface area contributed by atoms with Gasteiger partial charge in [-0.2, -0.15) is 0 Å². The summed E-state index contributed by atoms with van der Waals surface area (Å²) in [5.41, 5.74) is 4.72. The van der Waals surface area contributed by atoms with E-state index in [-0.39, 0.29) is 17.2 Å². The van der Waals surface area contributed by atoms with E-state index in [9.17, 15) is 9.59 Å². The molecule has 0 spiro atoms. The molecular formula is C32H40N4O4. The molecular weight excluding hydrogens is 504 g/mol. The number of hydrogen-bond acceptors (Lipinski definition) is 6. The third-order valence-electron chi connectivity index (χ3n) is 7.15. The molecule has 0 aromatic heterocycles. The first-order valence-electron chi connectivity index (χ1n) is 13.7. The summed E-state index contributed by atoms with van der Waals surface area (Å²) in [4.78, 5) is 30.8. The maximum atomic E-state index is 13.3. The number of carbonyl (C=O) groups excluding carboxylic acids is 2. The summed E-state index contributed by atoms with van der Waals surface area (Å²) in [5.74, 6) is 0.427. The molecule has 1 aliphatic heterocycles. The second kappa shape index (κ2) is 12.9. The molecule has 2 amide bonds. The van der Waals surface area contributed by atoms with Gasteiger partial charge in [-0.1, -0.05) is 45.0 Å². The number of benzene rings is 3. The Bertz CT molecular complexity index is 1310. The summed E-state index contributed by atoms with van der Waals surface area (Å²) in [6, 6.07) is 21.2. The zero-order valence-corrected chi connectivity index (χ0v) is 24.1. The van der Waals surface area contributed by atoms with Gasteiger partial charge in [-0.25, -0.2) is 0 Å². The van der Waals surface area contributed by atoms with Crippen LogP contribution >= 0.6 is 0 Å². The Morgan fingerprint density at radius 1 is 0.825 bits per heavy atom. The van der Waals surface area contributed by atoms with Gasteiger partial charge in [-0.05, 0) is 53.4 Å². The van der Waals surface area contributed by atoms with Crippen molar-refractivity contribution in [3.8, 4) is 5.75 Å². The number of methoxy groups -OCH3 is 2. The number of carbonyl (C=O) groups is 2. The fraction of sp³-hybridized carbons (Fsp3) is 0.375. The lowest BCUT2D eigenvalue weighted by Gasteiger charge is -2.38. The highest BCUT2D eigenvalue weighted by Gasteiger charge is 2.24. The van der Waals surface area contributed by atoms with Crippen LogP contribution in [0.2, 0.25) is 0 Å². The van der Waals surface area contributed by atoms with Gasteiger partial charge >= 0.3 is 0 Å². The molecule has 0 saturated carbocycles. The monoisotopic (exact) mass is 544 g/mol. The molecule has 1 heterocycles. The van der Waals surface area contributed by atoms with Crippen molar-refractivity contribution in [3.05, 3.63) is 83.4 Å². The minimum Gasteiger partial charge on any atom is -0.495 e. The number of anilines is 3. The first-order valence-corrected chi connectivity index (χ1v) is 13.7. The zero-order valence-electron chi connectivity index (χ0n) is 24.1. The Hall–Kier alpha value is -4.04. The number of hydrogen-bond donors (Lipinski definition) is 2. The molecule has 8 nitrogen and oxygen atoms in total. The predicted molar refractivity (Wildman–Crippen MR) is 161 cm³/mol. The van der Waals surface area contributed by atoms with E-state index in [4.69, 9.17) is 9.47 Å². The smallest absolute Gasteiger partial charge is 0.255 e. The Morgan fingerprint density at radius 3 is 2.10 bits per heavy atom. The minimum absolute atomic E-state index is 0.00850. The second-order valence-corrected chi connectivity index (χ2v) is 10.9. The first kappa shape index (κ1) is 29.0. The Labute approximate surface area is 237 Å². The molecule has 0 unspecified atom stereocenters. The quantitative estimate of drug-likeness (QED) is 0.371. The van der Waals surface area contributed by atoms with Crippen LogP contribution < -0.4 is 25.2 Å². The van der Waals surface area contributed by atoms with Gasteiger partial charge in [-0.3, -0.25) is 9.59 Å². The van der Waals surface area contributed by atoms with Crippen LogP contribution in [0.5, 0.6) is 5.75 Å². The molecule has 212 valence electrons. The van der Waals surface area contributed by atoms with E-state index in [1.54, 1.807) is 20.3 Å². The SMILES string of the molecule is COCCNC(=O)c1cc(NC(=O)c2ccc(C(C)(C)C)cc2)ccc1N1CCN(c2ccccc2OC)CC1. The summed E-state index contributed by atoms with van der Waals surface area (Å²) in [6.07, 6.45) is 0. The predicted octanol–water partition coefficient (Wildman–Crippen LogP) is 4.95. The molecule has 0 aliphatic carbocycles. The molecule has 0 radical (unpaired) electrons. The van der Waals surface area contributed by atoms with Gasteiger partial charge in [0.1, 0.15) is 5.75 Å². The summed E-state index contributed by atoms with van der Waals surface area (Å²) in [6.45, 7) is 10.3. The number of piperazine rings is 1. The molecule has 1 fully saturated rings. The van der Waals surface area contributed by atoms with E-state index >= 15 is 0 Å². The number of para-hydroxylation sites is 2. The maximum Gasteiger partial charge on any atom is 0.255 e. The summed E-state index contributed by atoms with van der Waals surface area (Å²) < 4.78 is 10.7.